The molecular weight excluding hydrogens is 319 g/mol. The van der Waals surface area contributed by atoms with Crippen molar-refractivity contribution in [1.29, 1.82) is 0 Å². The van der Waals surface area contributed by atoms with Gasteiger partial charge in [0.2, 0.25) is 0 Å². The van der Waals surface area contributed by atoms with Crippen LogP contribution in [0.2, 0.25) is 0 Å². The van der Waals surface area contributed by atoms with Gasteiger partial charge in [0.25, 0.3) is 0 Å². The van der Waals surface area contributed by atoms with Gasteiger partial charge in [-0.15, -0.1) is 0 Å². The third-order valence-corrected chi connectivity index (χ3v) is 3.59. The molecule has 0 fully saturated rings. The van der Waals surface area contributed by atoms with E-state index in [-0.39, 0.29) is 5.82 Å². The van der Waals surface area contributed by atoms with Crippen molar-refractivity contribution in [1.82, 2.24) is 9.55 Å². The summed E-state index contributed by atoms with van der Waals surface area (Å²) < 4.78 is 20.2. The maximum Gasteiger partial charge on any atom is 0.419 e. The average molecular weight is 338 g/mol. The van der Waals surface area contributed by atoms with Gasteiger partial charge in [0.1, 0.15) is 11.4 Å². The second-order valence-corrected chi connectivity index (χ2v) is 6.67. The summed E-state index contributed by atoms with van der Waals surface area (Å²) in [5, 5.41) is 0. The largest absolute Gasteiger partial charge is 0.443 e. The Morgan fingerprint density at radius 3 is 2.24 bits per heavy atom. The van der Waals surface area contributed by atoms with Crippen molar-refractivity contribution in [2.24, 2.45) is 0 Å². The third kappa shape index (κ3) is 3.76. The quantitative estimate of drug-likeness (QED) is 0.650. The lowest BCUT2D eigenvalue weighted by atomic mass is 10.0. The fraction of sp³-hybridized carbons (Fsp3) is 0.200. The Bertz CT molecular complexity index is 878. The first kappa shape index (κ1) is 16.9. The molecule has 0 radical (unpaired) electrons. The molecule has 0 N–H and O–H groups in total. The van der Waals surface area contributed by atoms with Crippen LogP contribution in [0.1, 0.15) is 20.8 Å². The van der Waals surface area contributed by atoms with E-state index >= 15 is 0 Å². The lowest BCUT2D eigenvalue weighted by Crippen LogP contribution is -2.27. The van der Waals surface area contributed by atoms with Gasteiger partial charge in [-0.2, -0.15) is 0 Å². The maximum absolute atomic E-state index is 13.3. The van der Waals surface area contributed by atoms with E-state index in [1.165, 1.54) is 16.7 Å². The van der Waals surface area contributed by atoms with Crippen LogP contribution in [-0.4, -0.2) is 21.2 Å². The number of aromatic nitrogens is 2. The Morgan fingerprint density at radius 2 is 1.64 bits per heavy atom. The zero-order valence-corrected chi connectivity index (χ0v) is 14.4. The number of hydrogen-bond acceptors (Lipinski definition) is 3. The highest BCUT2D eigenvalue weighted by Gasteiger charge is 2.22. The SMILES string of the molecule is CC(C)(C)OC(=O)n1ccc(-c2ccc(F)cc2)c1-c1ccncc1. The van der Waals surface area contributed by atoms with Crippen molar-refractivity contribution in [3.8, 4) is 22.4 Å². The molecule has 0 amide bonds. The molecule has 0 aliphatic rings. The highest BCUT2D eigenvalue weighted by molar-refractivity contribution is 5.88. The Morgan fingerprint density at radius 1 is 1.00 bits per heavy atom. The van der Waals surface area contributed by atoms with Gasteiger partial charge in [0.05, 0.1) is 5.69 Å². The van der Waals surface area contributed by atoms with Crippen molar-refractivity contribution in [3.05, 3.63) is 66.9 Å². The summed E-state index contributed by atoms with van der Waals surface area (Å²) in [6, 6.07) is 11.6. The molecule has 3 rings (SSSR count). The molecule has 0 atom stereocenters. The average Bonchev–Trinajstić information content (AvgIpc) is 3.00. The van der Waals surface area contributed by atoms with Crippen LogP contribution in [0, 0.1) is 5.82 Å². The molecule has 2 heterocycles. The summed E-state index contributed by atoms with van der Waals surface area (Å²) in [4.78, 5) is 16.6. The number of hydrogen-bond donors (Lipinski definition) is 0. The molecule has 4 nitrogen and oxygen atoms in total. The first-order valence-electron chi connectivity index (χ1n) is 7.96. The molecular formula is C20H19FN2O2. The molecule has 25 heavy (non-hydrogen) atoms. The highest BCUT2D eigenvalue weighted by Crippen LogP contribution is 2.33. The van der Waals surface area contributed by atoms with E-state index in [0.29, 0.717) is 5.69 Å². The highest BCUT2D eigenvalue weighted by atomic mass is 19.1. The zero-order valence-electron chi connectivity index (χ0n) is 14.4. The smallest absolute Gasteiger partial charge is 0.419 e. The van der Waals surface area contributed by atoms with Crippen molar-refractivity contribution in [2.45, 2.75) is 26.4 Å². The van der Waals surface area contributed by atoms with Crippen LogP contribution in [0.3, 0.4) is 0 Å². The number of rotatable bonds is 2. The topological polar surface area (TPSA) is 44.1 Å². The van der Waals surface area contributed by atoms with E-state index in [9.17, 15) is 9.18 Å². The first-order chi connectivity index (χ1) is 11.8. The number of nitrogens with zero attached hydrogens (tertiary/aromatic N) is 2. The molecule has 0 saturated heterocycles. The van der Waals surface area contributed by atoms with Crippen LogP contribution in [-0.2, 0) is 4.74 Å². The van der Waals surface area contributed by atoms with Gasteiger partial charge in [0, 0.05) is 29.7 Å². The monoisotopic (exact) mass is 338 g/mol. The summed E-state index contributed by atoms with van der Waals surface area (Å²) in [6.45, 7) is 5.46. The minimum Gasteiger partial charge on any atom is -0.443 e. The minimum atomic E-state index is -0.604. The van der Waals surface area contributed by atoms with Gasteiger partial charge in [-0.1, -0.05) is 12.1 Å². The molecule has 2 aromatic heterocycles. The van der Waals surface area contributed by atoms with Crippen molar-refractivity contribution in [3.63, 3.8) is 0 Å². The predicted octanol–water partition coefficient (Wildman–Crippen LogP) is 5.14. The molecule has 1 aromatic carbocycles. The normalized spacial score (nSPS) is 11.4. The van der Waals surface area contributed by atoms with Gasteiger partial charge >= 0.3 is 6.09 Å². The van der Waals surface area contributed by atoms with Gasteiger partial charge in [0.15, 0.2) is 0 Å². The van der Waals surface area contributed by atoms with Crippen LogP contribution in [0.15, 0.2) is 61.1 Å². The minimum absolute atomic E-state index is 0.305. The number of benzene rings is 1. The molecule has 5 heteroatoms. The van der Waals surface area contributed by atoms with Gasteiger partial charge in [-0.3, -0.25) is 9.55 Å². The van der Waals surface area contributed by atoms with E-state index in [4.69, 9.17) is 4.74 Å². The van der Waals surface area contributed by atoms with E-state index in [2.05, 4.69) is 4.98 Å². The molecule has 0 saturated carbocycles. The number of pyridine rings is 1. The Labute approximate surface area is 145 Å². The van der Waals surface area contributed by atoms with Crippen LogP contribution in [0.4, 0.5) is 9.18 Å². The fourth-order valence-electron chi connectivity index (χ4n) is 2.56. The number of halogens is 1. The van der Waals surface area contributed by atoms with Crippen LogP contribution < -0.4 is 0 Å². The standard InChI is InChI=1S/C20H19FN2O2/c1-20(2,3)25-19(24)23-13-10-17(14-4-6-16(21)7-5-14)18(23)15-8-11-22-12-9-15/h4-13H,1-3H3. The van der Waals surface area contributed by atoms with Gasteiger partial charge in [-0.05, 0) is 56.7 Å². The zero-order chi connectivity index (χ0) is 18.0. The second-order valence-electron chi connectivity index (χ2n) is 6.67. The summed E-state index contributed by atoms with van der Waals surface area (Å²) in [7, 11) is 0. The number of carbonyl (C=O) groups excluding carboxylic acids is 1. The van der Waals surface area contributed by atoms with E-state index in [1.54, 1.807) is 30.7 Å². The van der Waals surface area contributed by atoms with Crippen molar-refractivity contribution >= 4 is 6.09 Å². The summed E-state index contributed by atoms with van der Waals surface area (Å²) in [5.74, 6) is -0.305. The lowest BCUT2D eigenvalue weighted by Gasteiger charge is -2.21. The number of carbonyl (C=O) groups is 1. The predicted molar refractivity (Wildman–Crippen MR) is 94.7 cm³/mol. The molecule has 0 aliphatic heterocycles. The van der Waals surface area contributed by atoms with Crippen LogP contribution in [0.25, 0.3) is 22.4 Å². The van der Waals surface area contributed by atoms with Gasteiger partial charge in [-0.25, -0.2) is 9.18 Å². The Hall–Kier alpha value is -2.95. The van der Waals surface area contributed by atoms with E-state index in [0.717, 1.165) is 16.7 Å². The second kappa shape index (κ2) is 6.51. The molecule has 0 bridgehead atoms. The summed E-state index contributed by atoms with van der Waals surface area (Å²) >= 11 is 0. The van der Waals surface area contributed by atoms with Crippen LogP contribution in [0.5, 0.6) is 0 Å². The van der Waals surface area contributed by atoms with Crippen molar-refractivity contribution in [2.75, 3.05) is 0 Å². The van der Waals surface area contributed by atoms with Gasteiger partial charge < -0.3 is 4.74 Å². The first-order valence-corrected chi connectivity index (χ1v) is 7.96. The maximum atomic E-state index is 13.3. The molecule has 0 unspecified atom stereocenters. The Kier molecular flexibility index (Phi) is 4.40. The molecule has 0 aliphatic carbocycles. The fourth-order valence-corrected chi connectivity index (χ4v) is 2.56. The van der Waals surface area contributed by atoms with E-state index in [1.807, 2.05) is 39.0 Å². The lowest BCUT2D eigenvalue weighted by molar-refractivity contribution is 0.0540. The third-order valence-electron chi connectivity index (χ3n) is 3.59. The Balaban J connectivity index is 2.14. The van der Waals surface area contributed by atoms with E-state index < -0.39 is 11.7 Å². The molecule has 128 valence electrons. The van der Waals surface area contributed by atoms with Crippen molar-refractivity contribution < 1.29 is 13.9 Å². The summed E-state index contributed by atoms with van der Waals surface area (Å²) in [5.41, 5.74) is 2.54. The van der Waals surface area contributed by atoms with Crippen LogP contribution >= 0.6 is 0 Å². The summed E-state index contributed by atoms with van der Waals surface area (Å²) in [6.07, 6.45) is 4.53. The number of ether oxygens (including phenoxy) is 1. The molecule has 3 aromatic rings. The molecule has 0 spiro atoms.